The third-order valence-corrected chi connectivity index (χ3v) is 5.55. The summed E-state index contributed by atoms with van der Waals surface area (Å²) in [5.41, 5.74) is 0. The fourth-order valence-electron chi connectivity index (χ4n) is 1.91. The van der Waals surface area contributed by atoms with Crippen LogP contribution in [-0.4, -0.2) is 20.0 Å². The Morgan fingerprint density at radius 2 is 1.58 bits per heavy atom. The van der Waals surface area contributed by atoms with Crippen molar-refractivity contribution < 1.29 is 0 Å². The van der Waals surface area contributed by atoms with E-state index in [1.54, 1.807) is 0 Å². The van der Waals surface area contributed by atoms with Gasteiger partial charge in [-0.05, 0) is 6.42 Å². The van der Waals surface area contributed by atoms with E-state index in [9.17, 15) is 0 Å². The molecule has 0 nitrogen and oxygen atoms in total. The van der Waals surface area contributed by atoms with E-state index in [4.69, 9.17) is 11.6 Å². The molecule has 0 radical (unpaired) electrons. The first-order valence-corrected chi connectivity index (χ1v) is 6.56. The predicted octanol–water partition coefficient (Wildman–Crippen LogP) is 3.98. The minimum atomic E-state index is 0.397. The van der Waals surface area contributed by atoms with Gasteiger partial charge in [-0.3, -0.25) is 0 Å². The normalized spacial score (nSPS) is 28.8. The summed E-state index contributed by atoms with van der Waals surface area (Å²) >= 11 is 9.94. The molecule has 1 saturated heterocycles. The van der Waals surface area contributed by atoms with E-state index < -0.39 is 0 Å². The molecule has 0 saturated carbocycles. The van der Waals surface area contributed by atoms with Crippen LogP contribution in [0.2, 0.25) is 0 Å². The smallest absolute Gasteiger partial charge is 0.0648 e. The number of halogens is 1. The second kappa shape index (κ2) is 3.62. The van der Waals surface area contributed by atoms with Crippen molar-refractivity contribution in [3.05, 3.63) is 0 Å². The van der Waals surface area contributed by atoms with Gasteiger partial charge in [0.05, 0.1) is 4.58 Å². The summed E-state index contributed by atoms with van der Waals surface area (Å²) in [4.78, 5) is 0. The van der Waals surface area contributed by atoms with Crippen LogP contribution in [0.15, 0.2) is 0 Å². The van der Waals surface area contributed by atoms with Crippen LogP contribution in [0.4, 0.5) is 0 Å². The zero-order chi connectivity index (χ0) is 9.41. The third-order valence-electron chi connectivity index (χ3n) is 1.88. The first-order valence-electron chi connectivity index (χ1n) is 4.26. The van der Waals surface area contributed by atoms with Crippen LogP contribution in [0.25, 0.3) is 0 Å². The monoisotopic (exact) mass is 224 g/mol. The molecule has 0 aliphatic carbocycles. The molecular formula is C9H17ClS2. The number of hydrogen-bond donors (Lipinski definition) is 0. The predicted molar refractivity (Wildman–Crippen MR) is 62.5 cm³/mol. The van der Waals surface area contributed by atoms with Gasteiger partial charge in [0.15, 0.2) is 0 Å². The molecule has 0 unspecified atom stereocenters. The van der Waals surface area contributed by atoms with Gasteiger partial charge in [-0.25, -0.2) is 0 Å². The summed E-state index contributed by atoms with van der Waals surface area (Å²) in [7, 11) is 0. The zero-order valence-corrected chi connectivity index (χ0v) is 10.6. The van der Waals surface area contributed by atoms with Gasteiger partial charge in [0.25, 0.3) is 0 Å². The lowest BCUT2D eigenvalue weighted by Gasteiger charge is -2.43. The van der Waals surface area contributed by atoms with Crippen molar-refractivity contribution in [2.24, 2.45) is 0 Å². The average molecular weight is 225 g/mol. The van der Waals surface area contributed by atoms with Gasteiger partial charge in [-0.2, -0.15) is 0 Å². The molecule has 0 atom stereocenters. The van der Waals surface area contributed by atoms with Crippen LogP contribution in [0.1, 0.15) is 34.1 Å². The van der Waals surface area contributed by atoms with E-state index in [0.29, 0.717) is 14.1 Å². The summed E-state index contributed by atoms with van der Waals surface area (Å²) in [6.45, 7) is 9.27. The van der Waals surface area contributed by atoms with Crippen LogP contribution in [0.5, 0.6) is 0 Å². The molecule has 0 N–H and O–H groups in total. The quantitative estimate of drug-likeness (QED) is 0.618. The molecule has 0 aromatic rings. The lowest BCUT2D eigenvalue weighted by Crippen LogP contribution is -2.36. The molecule has 1 rings (SSSR count). The summed E-state index contributed by atoms with van der Waals surface area (Å²) in [6.07, 6.45) is 1.27. The minimum absolute atomic E-state index is 0.397. The van der Waals surface area contributed by atoms with Gasteiger partial charge >= 0.3 is 0 Å². The van der Waals surface area contributed by atoms with Gasteiger partial charge < -0.3 is 0 Å². The topological polar surface area (TPSA) is 0 Å². The molecule has 0 aromatic heterocycles. The van der Waals surface area contributed by atoms with Crippen molar-refractivity contribution in [2.75, 3.05) is 5.88 Å². The molecule has 0 bridgehead atoms. The Hall–Kier alpha value is 0.990. The lowest BCUT2D eigenvalue weighted by atomic mass is 9.99. The van der Waals surface area contributed by atoms with Gasteiger partial charge in [0.1, 0.15) is 0 Å². The van der Waals surface area contributed by atoms with E-state index in [1.807, 2.05) is 23.5 Å². The Balaban J connectivity index is 2.66. The van der Waals surface area contributed by atoms with E-state index in [0.717, 1.165) is 5.88 Å². The Bertz CT molecular complexity index is 150. The maximum atomic E-state index is 5.89. The van der Waals surface area contributed by atoms with Crippen molar-refractivity contribution in [3.8, 4) is 0 Å². The van der Waals surface area contributed by atoms with E-state index in [-0.39, 0.29) is 0 Å². The molecule has 0 aromatic carbocycles. The molecule has 0 amide bonds. The molecule has 3 heteroatoms. The largest absolute Gasteiger partial charge is 0.140 e. The van der Waals surface area contributed by atoms with Crippen molar-refractivity contribution in [3.63, 3.8) is 0 Å². The minimum Gasteiger partial charge on any atom is -0.140 e. The summed E-state index contributed by atoms with van der Waals surface area (Å²) in [5.74, 6) is 0.766. The highest BCUT2D eigenvalue weighted by Crippen LogP contribution is 2.52. The summed E-state index contributed by atoms with van der Waals surface area (Å²) in [5, 5.41) is 0. The number of rotatable bonds is 1. The maximum absolute atomic E-state index is 5.89. The molecule has 1 heterocycles. The van der Waals surface area contributed by atoms with Gasteiger partial charge in [-0.1, -0.05) is 27.7 Å². The van der Waals surface area contributed by atoms with E-state index in [2.05, 4.69) is 27.7 Å². The Labute approximate surface area is 89.2 Å². The Morgan fingerprint density at radius 3 is 1.92 bits per heavy atom. The lowest BCUT2D eigenvalue weighted by molar-refractivity contribution is 0.533. The molecule has 1 aliphatic rings. The van der Waals surface area contributed by atoms with E-state index in [1.165, 1.54) is 6.42 Å². The van der Waals surface area contributed by atoms with Crippen LogP contribution >= 0.6 is 35.1 Å². The summed E-state index contributed by atoms with van der Waals surface area (Å²) in [6, 6.07) is 0. The molecule has 12 heavy (non-hydrogen) atoms. The van der Waals surface area contributed by atoms with Gasteiger partial charge in [0.2, 0.25) is 0 Å². The van der Waals surface area contributed by atoms with Gasteiger partial charge in [0, 0.05) is 15.4 Å². The Kier molecular flexibility index (Phi) is 3.34. The second-order valence-corrected chi connectivity index (χ2v) is 8.94. The van der Waals surface area contributed by atoms with Crippen molar-refractivity contribution in [2.45, 2.75) is 48.2 Å². The molecule has 72 valence electrons. The van der Waals surface area contributed by atoms with Crippen LogP contribution in [-0.2, 0) is 0 Å². The van der Waals surface area contributed by atoms with Crippen molar-refractivity contribution in [1.82, 2.24) is 0 Å². The highest BCUT2D eigenvalue weighted by Gasteiger charge is 2.39. The van der Waals surface area contributed by atoms with E-state index >= 15 is 0 Å². The second-order valence-electron chi connectivity index (χ2n) is 4.52. The zero-order valence-electron chi connectivity index (χ0n) is 8.19. The number of alkyl halides is 1. The number of hydrogen-bond acceptors (Lipinski definition) is 2. The van der Waals surface area contributed by atoms with Crippen molar-refractivity contribution >= 4 is 35.1 Å². The third kappa shape index (κ3) is 3.04. The first-order chi connectivity index (χ1) is 5.35. The van der Waals surface area contributed by atoms with Crippen molar-refractivity contribution in [1.29, 1.82) is 0 Å². The molecule has 1 fully saturated rings. The first kappa shape index (κ1) is 11.1. The van der Waals surface area contributed by atoms with Crippen LogP contribution in [0, 0.1) is 0 Å². The summed E-state index contributed by atoms with van der Waals surface area (Å²) < 4.78 is 1.37. The maximum Gasteiger partial charge on any atom is 0.0648 e. The Morgan fingerprint density at radius 1 is 1.17 bits per heavy atom. The fourth-order valence-corrected chi connectivity index (χ4v) is 6.57. The highest BCUT2D eigenvalue weighted by molar-refractivity contribution is 8.18. The standard InChI is InChI=1S/C9H17ClS2/c1-8(2)6-9(3,4)12-7(5-10)11-8/h7H,5-6H2,1-4H3. The highest BCUT2D eigenvalue weighted by atomic mass is 35.5. The molecule has 1 aliphatic heterocycles. The molecule has 0 spiro atoms. The number of thioether (sulfide) groups is 2. The molecular weight excluding hydrogens is 208 g/mol. The van der Waals surface area contributed by atoms with Crippen LogP contribution < -0.4 is 0 Å². The fraction of sp³-hybridized carbons (Fsp3) is 1.00. The SMILES string of the molecule is CC1(C)CC(C)(C)SC(CCl)S1. The van der Waals surface area contributed by atoms with Gasteiger partial charge in [-0.15, -0.1) is 35.1 Å². The average Bonchev–Trinajstić information content (AvgIpc) is 1.80. The van der Waals surface area contributed by atoms with Crippen LogP contribution in [0.3, 0.4) is 0 Å².